The second-order valence-electron chi connectivity index (χ2n) is 4.62. The van der Waals surface area contributed by atoms with Gasteiger partial charge in [0.15, 0.2) is 0 Å². The highest BCUT2D eigenvalue weighted by atomic mass is 16.2. The molecule has 112 valence electrons. The van der Waals surface area contributed by atoms with E-state index in [1.54, 1.807) is 56.4 Å². The standard InChI is InChI=1S/C12H18N8O/c1-13-10-15-11(19(4)7-9(21)18(2)3)17-12(16-10)20-6-5-14-8-20/h5-6,8H,7H2,1-4H3,(H,13,15,16,17). The summed E-state index contributed by atoms with van der Waals surface area (Å²) in [5.74, 6) is 1.24. The summed E-state index contributed by atoms with van der Waals surface area (Å²) in [6.45, 7) is 0.184. The number of carbonyl (C=O) groups is 1. The van der Waals surface area contributed by atoms with E-state index in [2.05, 4.69) is 25.3 Å². The van der Waals surface area contributed by atoms with Gasteiger partial charge in [0.25, 0.3) is 0 Å². The molecule has 0 saturated heterocycles. The van der Waals surface area contributed by atoms with Gasteiger partial charge in [-0.1, -0.05) is 0 Å². The number of anilines is 2. The van der Waals surface area contributed by atoms with Crippen molar-refractivity contribution in [2.24, 2.45) is 0 Å². The fourth-order valence-corrected chi connectivity index (χ4v) is 1.54. The molecule has 0 saturated carbocycles. The molecule has 0 aliphatic heterocycles. The molecule has 9 nitrogen and oxygen atoms in total. The van der Waals surface area contributed by atoms with Crippen LogP contribution in [0.4, 0.5) is 11.9 Å². The Morgan fingerprint density at radius 3 is 2.62 bits per heavy atom. The molecular weight excluding hydrogens is 272 g/mol. The molecular formula is C12H18N8O. The van der Waals surface area contributed by atoms with Crippen molar-refractivity contribution in [2.75, 3.05) is 45.0 Å². The minimum absolute atomic E-state index is 0.0342. The predicted octanol–water partition coefficient (Wildman–Crippen LogP) is -0.377. The second-order valence-corrected chi connectivity index (χ2v) is 4.62. The van der Waals surface area contributed by atoms with Crippen molar-refractivity contribution in [3.05, 3.63) is 18.7 Å². The summed E-state index contributed by atoms with van der Waals surface area (Å²) in [6, 6.07) is 0. The molecule has 0 fully saturated rings. The quantitative estimate of drug-likeness (QED) is 0.802. The molecule has 2 rings (SSSR count). The number of amides is 1. The third-order valence-electron chi connectivity index (χ3n) is 2.78. The van der Waals surface area contributed by atoms with Crippen molar-refractivity contribution < 1.29 is 4.79 Å². The molecule has 0 unspecified atom stereocenters. The smallest absolute Gasteiger partial charge is 0.241 e. The Balaban J connectivity index is 2.30. The van der Waals surface area contributed by atoms with Crippen LogP contribution in [0.3, 0.4) is 0 Å². The lowest BCUT2D eigenvalue weighted by Gasteiger charge is -2.19. The number of carbonyl (C=O) groups excluding carboxylic acids is 1. The van der Waals surface area contributed by atoms with Crippen LogP contribution in [0.25, 0.3) is 5.95 Å². The summed E-state index contributed by atoms with van der Waals surface area (Å²) in [7, 11) is 6.90. The highest BCUT2D eigenvalue weighted by Crippen LogP contribution is 2.11. The van der Waals surface area contributed by atoms with Crippen LogP contribution in [0.1, 0.15) is 0 Å². The summed E-state index contributed by atoms with van der Waals surface area (Å²) in [5.41, 5.74) is 0. The first-order chi connectivity index (χ1) is 10.0. The molecule has 21 heavy (non-hydrogen) atoms. The van der Waals surface area contributed by atoms with Gasteiger partial charge < -0.3 is 15.1 Å². The highest BCUT2D eigenvalue weighted by Gasteiger charge is 2.14. The van der Waals surface area contributed by atoms with Crippen molar-refractivity contribution in [1.82, 2.24) is 29.4 Å². The normalized spacial score (nSPS) is 10.3. The lowest BCUT2D eigenvalue weighted by Crippen LogP contribution is -2.35. The molecule has 9 heteroatoms. The third-order valence-corrected chi connectivity index (χ3v) is 2.78. The first kappa shape index (κ1) is 14.7. The molecule has 0 radical (unpaired) electrons. The molecule has 0 bridgehead atoms. The zero-order chi connectivity index (χ0) is 15.4. The van der Waals surface area contributed by atoms with E-state index in [0.29, 0.717) is 17.8 Å². The maximum Gasteiger partial charge on any atom is 0.241 e. The molecule has 0 aliphatic rings. The third kappa shape index (κ3) is 3.44. The molecule has 1 N–H and O–H groups in total. The molecule has 1 amide bonds. The lowest BCUT2D eigenvalue weighted by atomic mass is 10.5. The molecule has 0 aliphatic carbocycles. The number of nitrogens with zero attached hydrogens (tertiary/aromatic N) is 7. The topological polar surface area (TPSA) is 92.1 Å². The highest BCUT2D eigenvalue weighted by molar-refractivity contribution is 5.80. The van der Waals surface area contributed by atoms with Gasteiger partial charge in [0.05, 0.1) is 6.54 Å². The maximum absolute atomic E-state index is 11.8. The van der Waals surface area contributed by atoms with Gasteiger partial charge in [0.2, 0.25) is 23.8 Å². The first-order valence-corrected chi connectivity index (χ1v) is 6.34. The van der Waals surface area contributed by atoms with E-state index in [-0.39, 0.29) is 12.5 Å². The van der Waals surface area contributed by atoms with E-state index in [9.17, 15) is 4.79 Å². The molecule has 2 heterocycles. The number of imidazole rings is 1. The molecule has 0 spiro atoms. The Morgan fingerprint density at radius 2 is 2.05 bits per heavy atom. The van der Waals surface area contributed by atoms with Crippen LogP contribution in [-0.4, -0.2) is 70.0 Å². The number of likely N-dealkylation sites (N-methyl/N-ethyl adjacent to an activating group) is 2. The van der Waals surface area contributed by atoms with E-state index in [0.717, 1.165) is 0 Å². The average molecular weight is 290 g/mol. The minimum atomic E-state index is -0.0342. The van der Waals surface area contributed by atoms with E-state index in [4.69, 9.17) is 0 Å². The first-order valence-electron chi connectivity index (χ1n) is 6.34. The van der Waals surface area contributed by atoms with E-state index < -0.39 is 0 Å². The number of hydrogen-bond acceptors (Lipinski definition) is 7. The summed E-state index contributed by atoms with van der Waals surface area (Å²) in [5, 5.41) is 2.88. The van der Waals surface area contributed by atoms with Crippen molar-refractivity contribution in [2.45, 2.75) is 0 Å². The Labute approximate surface area is 122 Å². The predicted molar refractivity (Wildman–Crippen MR) is 78.5 cm³/mol. The Hall–Kier alpha value is -2.71. The largest absolute Gasteiger partial charge is 0.357 e. The van der Waals surface area contributed by atoms with E-state index >= 15 is 0 Å². The van der Waals surface area contributed by atoms with E-state index in [1.165, 1.54) is 4.90 Å². The summed E-state index contributed by atoms with van der Waals surface area (Å²) < 4.78 is 1.67. The SMILES string of the molecule is CNc1nc(N(C)CC(=O)N(C)C)nc(-n2ccnc2)n1. The van der Waals surface area contributed by atoms with Gasteiger partial charge in [-0.3, -0.25) is 9.36 Å². The zero-order valence-electron chi connectivity index (χ0n) is 12.5. The van der Waals surface area contributed by atoms with E-state index in [1.807, 2.05) is 0 Å². The van der Waals surface area contributed by atoms with Crippen molar-refractivity contribution in [3.63, 3.8) is 0 Å². The van der Waals surface area contributed by atoms with Gasteiger partial charge in [-0.05, 0) is 0 Å². The number of hydrogen-bond donors (Lipinski definition) is 1. The van der Waals surface area contributed by atoms with Gasteiger partial charge in [-0.2, -0.15) is 15.0 Å². The van der Waals surface area contributed by atoms with Gasteiger partial charge >= 0.3 is 0 Å². The summed E-state index contributed by atoms with van der Waals surface area (Å²) in [6.07, 6.45) is 4.98. The Kier molecular flexibility index (Phi) is 4.31. The van der Waals surface area contributed by atoms with Crippen molar-refractivity contribution in [1.29, 1.82) is 0 Å². The van der Waals surface area contributed by atoms with Crippen LogP contribution in [0.5, 0.6) is 0 Å². The van der Waals surface area contributed by atoms with Crippen LogP contribution >= 0.6 is 0 Å². The van der Waals surface area contributed by atoms with Gasteiger partial charge in [0.1, 0.15) is 6.33 Å². The average Bonchev–Trinajstić information content (AvgIpc) is 3.00. The van der Waals surface area contributed by atoms with Crippen LogP contribution in [-0.2, 0) is 4.79 Å². The van der Waals surface area contributed by atoms with Gasteiger partial charge in [-0.15, -0.1) is 0 Å². The van der Waals surface area contributed by atoms with Crippen LogP contribution in [0.2, 0.25) is 0 Å². The monoisotopic (exact) mass is 290 g/mol. The lowest BCUT2D eigenvalue weighted by molar-refractivity contribution is -0.127. The van der Waals surface area contributed by atoms with Crippen molar-refractivity contribution >= 4 is 17.8 Å². The number of aromatic nitrogens is 5. The fourth-order valence-electron chi connectivity index (χ4n) is 1.54. The van der Waals surface area contributed by atoms with Crippen LogP contribution < -0.4 is 10.2 Å². The number of rotatable bonds is 5. The molecule has 0 atom stereocenters. The molecule has 2 aromatic heterocycles. The molecule has 0 aromatic carbocycles. The van der Waals surface area contributed by atoms with Gasteiger partial charge in [-0.25, -0.2) is 4.98 Å². The van der Waals surface area contributed by atoms with Crippen LogP contribution in [0.15, 0.2) is 18.7 Å². The summed E-state index contributed by atoms with van der Waals surface area (Å²) >= 11 is 0. The van der Waals surface area contributed by atoms with Crippen LogP contribution in [0, 0.1) is 0 Å². The number of nitrogens with one attached hydrogen (secondary N) is 1. The Bertz CT molecular complexity index is 610. The molecule has 2 aromatic rings. The van der Waals surface area contributed by atoms with Crippen molar-refractivity contribution in [3.8, 4) is 5.95 Å². The minimum Gasteiger partial charge on any atom is -0.357 e. The Morgan fingerprint density at radius 1 is 1.29 bits per heavy atom. The fraction of sp³-hybridized carbons (Fsp3) is 0.417. The zero-order valence-corrected chi connectivity index (χ0v) is 12.5. The maximum atomic E-state index is 11.8. The van der Waals surface area contributed by atoms with Gasteiger partial charge in [0, 0.05) is 40.6 Å². The summed E-state index contributed by atoms with van der Waals surface area (Å²) in [4.78, 5) is 31.8. The second kappa shape index (κ2) is 6.16.